The Balaban J connectivity index is 1.48. The maximum Gasteiger partial charge on any atom is 0.317 e. The lowest BCUT2D eigenvalue weighted by Crippen LogP contribution is -2.52. The van der Waals surface area contributed by atoms with Crippen LogP contribution in [0, 0.1) is 17.5 Å². The van der Waals surface area contributed by atoms with Crippen molar-refractivity contribution in [2.45, 2.75) is 6.42 Å². The summed E-state index contributed by atoms with van der Waals surface area (Å²) in [7, 11) is 1.60. The Kier molecular flexibility index (Phi) is 6.28. The van der Waals surface area contributed by atoms with E-state index in [-0.39, 0.29) is 11.7 Å². The number of carbonyl (C=O) groups is 1. The largest absolute Gasteiger partial charge is 0.497 e. The molecule has 28 heavy (non-hydrogen) atoms. The number of nitrogens with one attached hydrogen (secondary N) is 1. The second-order valence-corrected chi connectivity index (χ2v) is 6.50. The fourth-order valence-corrected chi connectivity index (χ4v) is 3.16. The van der Waals surface area contributed by atoms with Crippen LogP contribution in [0.1, 0.15) is 5.56 Å². The van der Waals surface area contributed by atoms with Gasteiger partial charge in [0.2, 0.25) is 0 Å². The number of hydrogen-bond donors (Lipinski definition) is 1. The molecule has 0 saturated carbocycles. The summed E-state index contributed by atoms with van der Waals surface area (Å²) in [4.78, 5) is 15.5. The Morgan fingerprint density at radius 3 is 2.54 bits per heavy atom. The molecule has 8 heteroatoms. The second-order valence-electron chi connectivity index (χ2n) is 6.50. The Morgan fingerprint density at radius 2 is 1.82 bits per heavy atom. The molecule has 0 unspecified atom stereocenters. The normalized spacial score (nSPS) is 14.1. The third-order valence-electron chi connectivity index (χ3n) is 4.75. The van der Waals surface area contributed by atoms with Crippen molar-refractivity contribution in [2.75, 3.05) is 44.7 Å². The molecule has 0 aromatic heterocycles. The van der Waals surface area contributed by atoms with Gasteiger partial charge in [-0.25, -0.2) is 18.0 Å². The molecular weight excluding hydrogens is 371 g/mol. The summed E-state index contributed by atoms with van der Waals surface area (Å²) in [6.07, 6.45) is 0.670. The SMILES string of the molecule is COc1cccc(CCNC(=O)N2CCN(c3ccc(F)c(F)c3F)CC2)c1. The smallest absolute Gasteiger partial charge is 0.317 e. The highest BCUT2D eigenvalue weighted by Crippen LogP contribution is 2.24. The summed E-state index contributed by atoms with van der Waals surface area (Å²) in [5, 5.41) is 2.86. The molecule has 1 aliphatic rings. The minimum absolute atomic E-state index is 0.0111. The van der Waals surface area contributed by atoms with Crippen molar-refractivity contribution in [1.82, 2.24) is 10.2 Å². The Labute approximate surface area is 161 Å². The third kappa shape index (κ3) is 4.49. The maximum atomic E-state index is 13.9. The van der Waals surface area contributed by atoms with Gasteiger partial charge in [-0.1, -0.05) is 12.1 Å². The summed E-state index contributed by atoms with van der Waals surface area (Å²) < 4.78 is 45.6. The van der Waals surface area contributed by atoms with Crippen LogP contribution in [0.4, 0.5) is 23.7 Å². The average Bonchev–Trinajstić information content (AvgIpc) is 2.72. The number of ether oxygens (including phenoxy) is 1. The highest BCUT2D eigenvalue weighted by Gasteiger charge is 2.24. The van der Waals surface area contributed by atoms with E-state index in [2.05, 4.69) is 5.32 Å². The Hall–Kier alpha value is -2.90. The van der Waals surface area contributed by atoms with Gasteiger partial charge in [0, 0.05) is 32.7 Å². The molecule has 3 rings (SSSR count). The van der Waals surface area contributed by atoms with Gasteiger partial charge in [0.05, 0.1) is 12.8 Å². The van der Waals surface area contributed by atoms with Crippen molar-refractivity contribution >= 4 is 11.7 Å². The van der Waals surface area contributed by atoms with Crippen molar-refractivity contribution < 1.29 is 22.7 Å². The number of hydrogen-bond acceptors (Lipinski definition) is 3. The molecule has 1 aliphatic heterocycles. The first-order valence-corrected chi connectivity index (χ1v) is 9.03. The zero-order chi connectivity index (χ0) is 20.1. The third-order valence-corrected chi connectivity index (χ3v) is 4.75. The standard InChI is InChI=1S/C20H22F3N3O2/c1-28-15-4-2-3-14(13-15)7-8-24-20(27)26-11-9-25(10-12-26)17-6-5-16(21)18(22)19(17)23/h2-6,13H,7-12H2,1H3,(H,24,27). The van der Waals surface area contributed by atoms with Crippen molar-refractivity contribution in [2.24, 2.45) is 0 Å². The van der Waals surface area contributed by atoms with Gasteiger partial charge in [0.15, 0.2) is 17.5 Å². The molecule has 0 radical (unpaired) electrons. The molecule has 5 nitrogen and oxygen atoms in total. The second kappa shape index (κ2) is 8.86. The van der Waals surface area contributed by atoms with Crippen LogP contribution in [0.3, 0.4) is 0 Å². The number of urea groups is 1. The van der Waals surface area contributed by atoms with E-state index in [1.165, 1.54) is 6.07 Å². The molecular formula is C20H22F3N3O2. The minimum atomic E-state index is -1.48. The maximum absolute atomic E-state index is 13.9. The summed E-state index contributed by atoms with van der Waals surface area (Å²) in [6, 6.07) is 9.56. The topological polar surface area (TPSA) is 44.8 Å². The van der Waals surface area contributed by atoms with Gasteiger partial charge >= 0.3 is 6.03 Å². The van der Waals surface area contributed by atoms with Gasteiger partial charge in [0.25, 0.3) is 0 Å². The number of carbonyl (C=O) groups excluding carboxylic acids is 1. The van der Waals surface area contributed by atoms with Crippen LogP contribution in [-0.2, 0) is 6.42 Å². The lowest BCUT2D eigenvalue weighted by Gasteiger charge is -2.36. The average molecular weight is 393 g/mol. The van der Waals surface area contributed by atoms with E-state index < -0.39 is 17.5 Å². The number of amides is 2. The number of methoxy groups -OCH3 is 1. The molecule has 1 saturated heterocycles. The van der Waals surface area contributed by atoms with Crippen LogP contribution >= 0.6 is 0 Å². The van der Waals surface area contributed by atoms with Crippen LogP contribution in [-0.4, -0.2) is 50.8 Å². The van der Waals surface area contributed by atoms with Crippen molar-refractivity contribution in [3.8, 4) is 5.75 Å². The van der Waals surface area contributed by atoms with Crippen LogP contribution in [0.5, 0.6) is 5.75 Å². The van der Waals surface area contributed by atoms with Crippen molar-refractivity contribution in [1.29, 1.82) is 0 Å². The molecule has 1 N–H and O–H groups in total. The van der Waals surface area contributed by atoms with Crippen LogP contribution < -0.4 is 15.0 Å². The quantitative estimate of drug-likeness (QED) is 0.794. The fourth-order valence-electron chi connectivity index (χ4n) is 3.16. The summed E-state index contributed by atoms with van der Waals surface area (Å²) in [5.41, 5.74) is 1.07. The van der Waals surface area contributed by atoms with E-state index in [1.54, 1.807) is 16.9 Å². The fraction of sp³-hybridized carbons (Fsp3) is 0.350. The molecule has 0 aliphatic carbocycles. The molecule has 0 atom stereocenters. The lowest BCUT2D eigenvalue weighted by atomic mass is 10.1. The number of halogens is 3. The Morgan fingerprint density at radius 1 is 1.07 bits per heavy atom. The number of rotatable bonds is 5. The molecule has 2 aromatic carbocycles. The van der Waals surface area contributed by atoms with Crippen LogP contribution in [0.2, 0.25) is 0 Å². The number of anilines is 1. The highest BCUT2D eigenvalue weighted by atomic mass is 19.2. The number of benzene rings is 2. The molecule has 0 spiro atoms. The first-order valence-electron chi connectivity index (χ1n) is 9.03. The molecule has 150 valence electrons. The van der Waals surface area contributed by atoms with Gasteiger partial charge in [-0.05, 0) is 36.2 Å². The van der Waals surface area contributed by atoms with Gasteiger partial charge in [-0.2, -0.15) is 0 Å². The first-order chi connectivity index (χ1) is 13.5. The molecule has 1 fully saturated rings. The predicted octanol–water partition coefficient (Wildman–Crippen LogP) is 3.19. The van der Waals surface area contributed by atoms with Gasteiger partial charge in [-0.3, -0.25) is 0 Å². The van der Waals surface area contributed by atoms with E-state index in [4.69, 9.17) is 4.74 Å². The first kappa shape index (κ1) is 19.9. The molecule has 1 heterocycles. The summed E-state index contributed by atoms with van der Waals surface area (Å²) in [6.45, 7) is 1.88. The van der Waals surface area contributed by atoms with Crippen LogP contribution in [0.25, 0.3) is 0 Å². The molecule has 2 amide bonds. The lowest BCUT2D eigenvalue weighted by molar-refractivity contribution is 0.194. The summed E-state index contributed by atoms with van der Waals surface area (Å²) in [5.74, 6) is -3.12. The van der Waals surface area contributed by atoms with Crippen molar-refractivity contribution in [3.63, 3.8) is 0 Å². The molecule has 0 bridgehead atoms. The van der Waals surface area contributed by atoms with E-state index >= 15 is 0 Å². The van der Waals surface area contributed by atoms with Crippen molar-refractivity contribution in [3.05, 3.63) is 59.4 Å². The monoisotopic (exact) mass is 393 g/mol. The van der Waals surface area contributed by atoms with E-state index in [1.807, 2.05) is 24.3 Å². The van der Waals surface area contributed by atoms with Gasteiger partial charge < -0.3 is 19.9 Å². The van der Waals surface area contributed by atoms with Crippen LogP contribution in [0.15, 0.2) is 36.4 Å². The van der Waals surface area contributed by atoms with E-state index in [0.717, 1.165) is 17.4 Å². The minimum Gasteiger partial charge on any atom is -0.497 e. The Bertz CT molecular complexity index is 839. The summed E-state index contributed by atoms with van der Waals surface area (Å²) >= 11 is 0. The van der Waals surface area contributed by atoms with Gasteiger partial charge in [0.1, 0.15) is 5.75 Å². The number of nitrogens with zero attached hydrogens (tertiary/aromatic N) is 2. The van der Waals surface area contributed by atoms with E-state index in [0.29, 0.717) is 39.1 Å². The zero-order valence-corrected chi connectivity index (χ0v) is 15.6. The molecule has 2 aromatic rings. The number of piperazine rings is 1. The van der Waals surface area contributed by atoms with E-state index in [9.17, 15) is 18.0 Å². The van der Waals surface area contributed by atoms with Gasteiger partial charge in [-0.15, -0.1) is 0 Å². The zero-order valence-electron chi connectivity index (χ0n) is 15.6. The highest BCUT2D eigenvalue weighted by molar-refractivity contribution is 5.74. The predicted molar refractivity (Wildman–Crippen MR) is 100 cm³/mol.